The average Bonchev–Trinajstić information content (AvgIpc) is 3.33. The third-order valence-corrected chi connectivity index (χ3v) is 6.94. The highest BCUT2D eigenvalue weighted by molar-refractivity contribution is 5.75. The molecule has 0 saturated carbocycles. The van der Waals surface area contributed by atoms with Gasteiger partial charge in [-0.2, -0.15) is 0 Å². The molecule has 0 radical (unpaired) electrons. The standard InChI is InChI=1S/C27H38N6O3/c1-7-33-18(2)20-15-19(22(35-6)16-29-20)21-17-32-13-12-28-24(32)25(30-21)36-14-10-8-9-11-23(27(3,4)5)31-26(33)34/h12-13,15-18,23H,7-11,14H2,1-6H3,(H,31,34)/t18-,23?/m1/s1. The second-order valence-corrected chi connectivity index (χ2v) is 10.4. The predicted octanol–water partition coefficient (Wildman–Crippen LogP) is 5.26. The minimum Gasteiger partial charge on any atom is -0.494 e. The highest BCUT2D eigenvalue weighted by Gasteiger charge is 2.30. The van der Waals surface area contributed by atoms with E-state index in [4.69, 9.17) is 14.5 Å². The van der Waals surface area contributed by atoms with E-state index in [1.165, 1.54) is 0 Å². The van der Waals surface area contributed by atoms with Gasteiger partial charge in [0.05, 0.1) is 37.3 Å². The number of carbonyl (C=O) groups is 1. The maximum atomic E-state index is 13.5. The SMILES string of the molecule is CCN1C(=O)NC(C(C)(C)C)CCCCCOc2nc(cn3ccnc23)-c2cc(ncc2OC)[C@H]1C. The van der Waals surface area contributed by atoms with Crippen molar-refractivity contribution >= 4 is 11.7 Å². The first kappa shape index (κ1) is 25.7. The first-order chi connectivity index (χ1) is 17.2. The Morgan fingerprint density at radius 1 is 1.22 bits per heavy atom. The van der Waals surface area contributed by atoms with Crippen LogP contribution in [0.2, 0.25) is 0 Å². The lowest BCUT2D eigenvalue weighted by molar-refractivity contribution is 0.162. The number of aromatic nitrogens is 4. The molecule has 9 nitrogen and oxygen atoms in total. The number of amides is 2. The number of methoxy groups -OCH3 is 1. The number of rotatable bonds is 2. The van der Waals surface area contributed by atoms with Crippen molar-refractivity contribution in [3.05, 3.63) is 36.5 Å². The predicted molar refractivity (Wildman–Crippen MR) is 139 cm³/mol. The summed E-state index contributed by atoms with van der Waals surface area (Å²) in [5, 5.41) is 3.32. The number of pyridine rings is 1. The van der Waals surface area contributed by atoms with E-state index in [2.05, 4.69) is 36.1 Å². The number of imidazole rings is 1. The van der Waals surface area contributed by atoms with Crippen LogP contribution in [0.25, 0.3) is 16.9 Å². The summed E-state index contributed by atoms with van der Waals surface area (Å²) in [6.45, 7) is 11.6. The molecular formula is C27H38N6O3. The van der Waals surface area contributed by atoms with Gasteiger partial charge in [0, 0.05) is 36.7 Å². The van der Waals surface area contributed by atoms with Gasteiger partial charge in [0.2, 0.25) is 5.65 Å². The van der Waals surface area contributed by atoms with Gasteiger partial charge in [0.25, 0.3) is 5.88 Å². The Labute approximate surface area is 213 Å². The van der Waals surface area contributed by atoms with E-state index in [1.54, 1.807) is 19.5 Å². The van der Waals surface area contributed by atoms with Gasteiger partial charge in [0.1, 0.15) is 5.75 Å². The van der Waals surface area contributed by atoms with E-state index in [0.717, 1.165) is 36.9 Å². The van der Waals surface area contributed by atoms with Crippen LogP contribution in [0.15, 0.2) is 30.9 Å². The number of ether oxygens (including phenoxy) is 2. The Morgan fingerprint density at radius 3 is 2.75 bits per heavy atom. The molecule has 2 amide bonds. The average molecular weight is 495 g/mol. The van der Waals surface area contributed by atoms with Gasteiger partial charge in [0.15, 0.2) is 0 Å². The van der Waals surface area contributed by atoms with E-state index >= 15 is 0 Å². The smallest absolute Gasteiger partial charge is 0.318 e. The first-order valence-corrected chi connectivity index (χ1v) is 12.8. The summed E-state index contributed by atoms with van der Waals surface area (Å²) in [6, 6.07) is 1.69. The second-order valence-electron chi connectivity index (χ2n) is 10.4. The highest BCUT2D eigenvalue weighted by Crippen LogP contribution is 2.34. The third-order valence-electron chi connectivity index (χ3n) is 6.94. The molecule has 3 aromatic heterocycles. The summed E-state index contributed by atoms with van der Waals surface area (Å²) < 4.78 is 13.7. The Balaban J connectivity index is 1.80. The molecule has 4 rings (SSSR count). The fourth-order valence-corrected chi connectivity index (χ4v) is 4.68. The topological polar surface area (TPSA) is 93.9 Å². The minimum atomic E-state index is -0.247. The molecule has 3 aromatic rings. The van der Waals surface area contributed by atoms with Gasteiger partial charge in [-0.3, -0.25) is 4.98 Å². The molecule has 0 aromatic carbocycles. The summed E-state index contributed by atoms with van der Waals surface area (Å²) in [5.41, 5.74) is 2.85. The van der Waals surface area contributed by atoms with Crippen LogP contribution < -0.4 is 14.8 Å². The number of nitrogens with zero attached hydrogens (tertiary/aromatic N) is 5. The van der Waals surface area contributed by atoms with E-state index in [1.807, 2.05) is 41.6 Å². The van der Waals surface area contributed by atoms with Crippen LogP contribution in [-0.4, -0.2) is 56.6 Å². The molecule has 1 aliphatic rings. The van der Waals surface area contributed by atoms with Crippen LogP contribution in [0.4, 0.5) is 4.79 Å². The molecule has 36 heavy (non-hydrogen) atoms. The summed E-state index contributed by atoms with van der Waals surface area (Å²) in [6.07, 6.45) is 11.0. The van der Waals surface area contributed by atoms with Crippen molar-refractivity contribution in [1.29, 1.82) is 0 Å². The normalized spacial score (nSPS) is 19.9. The van der Waals surface area contributed by atoms with Crippen LogP contribution >= 0.6 is 0 Å². The van der Waals surface area contributed by atoms with Crippen LogP contribution in [0, 0.1) is 5.41 Å². The van der Waals surface area contributed by atoms with E-state index in [-0.39, 0.29) is 23.5 Å². The summed E-state index contributed by atoms with van der Waals surface area (Å²) in [7, 11) is 1.62. The number of urea groups is 1. The Morgan fingerprint density at radius 2 is 2.03 bits per heavy atom. The lowest BCUT2D eigenvalue weighted by Gasteiger charge is -2.35. The van der Waals surface area contributed by atoms with Crippen LogP contribution in [0.5, 0.6) is 11.6 Å². The lowest BCUT2D eigenvalue weighted by atomic mass is 9.83. The monoisotopic (exact) mass is 494 g/mol. The molecule has 1 aliphatic heterocycles. The van der Waals surface area contributed by atoms with Crippen LogP contribution in [0.1, 0.15) is 72.0 Å². The fourth-order valence-electron chi connectivity index (χ4n) is 4.68. The van der Waals surface area contributed by atoms with E-state index < -0.39 is 0 Å². The van der Waals surface area contributed by atoms with Crippen molar-refractivity contribution < 1.29 is 14.3 Å². The lowest BCUT2D eigenvalue weighted by Crippen LogP contribution is -2.50. The van der Waals surface area contributed by atoms with Crippen molar-refractivity contribution in [3.8, 4) is 22.9 Å². The second kappa shape index (κ2) is 10.7. The minimum absolute atomic E-state index is 0.0569. The summed E-state index contributed by atoms with van der Waals surface area (Å²) >= 11 is 0. The molecule has 4 bridgehead atoms. The molecule has 1 N–H and O–H groups in total. The van der Waals surface area contributed by atoms with Gasteiger partial charge in [-0.15, -0.1) is 0 Å². The first-order valence-electron chi connectivity index (χ1n) is 12.8. The van der Waals surface area contributed by atoms with Gasteiger partial charge in [-0.05, 0) is 44.6 Å². The summed E-state index contributed by atoms with van der Waals surface area (Å²) in [5.74, 6) is 1.09. The Bertz CT molecular complexity index is 1200. The number of hydrogen-bond acceptors (Lipinski definition) is 6. The number of carbonyl (C=O) groups excluding carboxylic acids is 1. The van der Waals surface area contributed by atoms with Crippen molar-refractivity contribution in [1.82, 2.24) is 29.6 Å². The molecule has 9 heteroatoms. The molecule has 2 atom stereocenters. The summed E-state index contributed by atoms with van der Waals surface area (Å²) in [4.78, 5) is 29.2. The van der Waals surface area contributed by atoms with E-state index in [9.17, 15) is 4.79 Å². The Kier molecular flexibility index (Phi) is 7.66. The molecule has 4 heterocycles. The molecule has 1 unspecified atom stereocenters. The molecule has 0 fully saturated rings. The van der Waals surface area contributed by atoms with Crippen LogP contribution in [-0.2, 0) is 0 Å². The van der Waals surface area contributed by atoms with Gasteiger partial charge >= 0.3 is 6.03 Å². The quantitative estimate of drug-likeness (QED) is 0.522. The fraction of sp³-hybridized carbons (Fsp3) is 0.556. The van der Waals surface area contributed by atoms with Gasteiger partial charge in [-0.1, -0.05) is 27.2 Å². The molecular weight excluding hydrogens is 456 g/mol. The Hall–Kier alpha value is -3.36. The van der Waals surface area contributed by atoms with Crippen LogP contribution in [0.3, 0.4) is 0 Å². The van der Waals surface area contributed by atoms with Crippen molar-refractivity contribution in [2.45, 2.75) is 72.4 Å². The maximum absolute atomic E-state index is 13.5. The van der Waals surface area contributed by atoms with Crippen molar-refractivity contribution in [3.63, 3.8) is 0 Å². The zero-order chi connectivity index (χ0) is 25.9. The highest BCUT2D eigenvalue weighted by atomic mass is 16.5. The van der Waals surface area contributed by atoms with Gasteiger partial charge in [-0.25, -0.2) is 14.8 Å². The maximum Gasteiger partial charge on any atom is 0.318 e. The zero-order valence-corrected chi connectivity index (χ0v) is 22.2. The third kappa shape index (κ3) is 5.39. The molecule has 0 aliphatic carbocycles. The number of nitrogens with one attached hydrogen (secondary N) is 1. The number of hydrogen-bond donors (Lipinski definition) is 1. The van der Waals surface area contributed by atoms with Gasteiger partial charge < -0.3 is 24.1 Å². The molecule has 0 saturated heterocycles. The molecule has 194 valence electrons. The zero-order valence-electron chi connectivity index (χ0n) is 22.2. The van der Waals surface area contributed by atoms with Crippen molar-refractivity contribution in [2.24, 2.45) is 5.41 Å². The number of fused-ring (bicyclic) bond motifs is 7. The van der Waals surface area contributed by atoms with E-state index in [0.29, 0.717) is 36.1 Å². The molecule has 0 spiro atoms. The van der Waals surface area contributed by atoms with Crippen molar-refractivity contribution in [2.75, 3.05) is 20.3 Å². The largest absolute Gasteiger partial charge is 0.494 e.